The SMILES string of the molecule is CC(C)=NNC(=S)C(C)C. The highest BCUT2D eigenvalue weighted by atomic mass is 32.1. The van der Waals surface area contributed by atoms with E-state index in [1.807, 2.05) is 27.7 Å². The Morgan fingerprint density at radius 2 is 1.90 bits per heavy atom. The fourth-order valence-corrected chi connectivity index (χ4v) is 0.342. The first-order valence-electron chi connectivity index (χ1n) is 3.34. The molecule has 0 aromatic rings. The second-order valence-corrected chi connectivity index (χ2v) is 3.13. The van der Waals surface area contributed by atoms with E-state index in [9.17, 15) is 0 Å². The molecule has 0 unspecified atom stereocenters. The molecule has 2 nitrogen and oxygen atoms in total. The van der Waals surface area contributed by atoms with Crippen molar-refractivity contribution < 1.29 is 0 Å². The van der Waals surface area contributed by atoms with Gasteiger partial charge in [-0.25, -0.2) is 0 Å². The summed E-state index contributed by atoms with van der Waals surface area (Å²) in [5.41, 5.74) is 3.79. The lowest BCUT2D eigenvalue weighted by molar-refractivity contribution is 0.837. The number of hydrogen-bond acceptors (Lipinski definition) is 2. The van der Waals surface area contributed by atoms with E-state index in [1.54, 1.807) is 0 Å². The molecule has 0 fully saturated rings. The van der Waals surface area contributed by atoms with Gasteiger partial charge >= 0.3 is 0 Å². The van der Waals surface area contributed by atoms with Gasteiger partial charge in [0, 0.05) is 11.6 Å². The van der Waals surface area contributed by atoms with Crippen LogP contribution in [-0.4, -0.2) is 10.7 Å². The Hall–Kier alpha value is -0.440. The molecule has 0 radical (unpaired) electrons. The molecule has 0 heterocycles. The number of hydrogen-bond donors (Lipinski definition) is 1. The topological polar surface area (TPSA) is 24.4 Å². The van der Waals surface area contributed by atoms with Gasteiger partial charge in [0.15, 0.2) is 0 Å². The highest BCUT2D eigenvalue weighted by Gasteiger charge is 1.98. The molecule has 58 valence electrons. The molecule has 0 spiro atoms. The fourth-order valence-electron chi connectivity index (χ4n) is 0.296. The summed E-state index contributed by atoms with van der Waals surface area (Å²) in [5, 5.41) is 3.97. The van der Waals surface area contributed by atoms with Crippen molar-refractivity contribution in [1.82, 2.24) is 5.43 Å². The molecule has 0 aliphatic carbocycles. The Labute approximate surface area is 67.7 Å². The Kier molecular flexibility index (Phi) is 4.19. The number of thiocarbonyl (C=S) groups is 1. The van der Waals surface area contributed by atoms with Gasteiger partial charge in [0.1, 0.15) is 0 Å². The van der Waals surface area contributed by atoms with Crippen LogP contribution in [0.2, 0.25) is 0 Å². The summed E-state index contributed by atoms with van der Waals surface area (Å²) >= 11 is 4.98. The van der Waals surface area contributed by atoms with Gasteiger partial charge in [0.05, 0.1) is 4.99 Å². The van der Waals surface area contributed by atoms with E-state index in [0.717, 1.165) is 10.7 Å². The first-order chi connectivity index (χ1) is 4.54. The van der Waals surface area contributed by atoms with Crippen molar-refractivity contribution in [1.29, 1.82) is 0 Å². The van der Waals surface area contributed by atoms with Crippen molar-refractivity contribution in [3.8, 4) is 0 Å². The molecule has 1 N–H and O–H groups in total. The predicted molar refractivity (Wildman–Crippen MR) is 49.4 cm³/mol. The largest absolute Gasteiger partial charge is 0.272 e. The van der Waals surface area contributed by atoms with Crippen LogP contribution in [0.25, 0.3) is 0 Å². The van der Waals surface area contributed by atoms with Gasteiger partial charge in [0.2, 0.25) is 0 Å². The molecular weight excluding hydrogens is 144 g/mol. The van der Waals surface area contributed by atoms with E-state index < -0.39 is 0 Å². The maximum Gasteiger partial charge on any atom is 0.0986 e. The molecule has 3 heteroatoms. The molecule has 0 amide bonds. The van der Waals surface area contributed by atoms with Crippen LogP contribution >= 0.6 is 12.2 Å². The van der Waals surface area contributed by atoms with E-state index in [0.29, 0.717) is 5.92 Å². The lowest BCUT2D eigenvalue weighted by Gasteiger charge is -2.05. The van der Waals surface area contributed by atoms with Gasteiger partial charge in [-0.3, -0.25) is 5.43 Å². The van der Waals surface area contributed by atoms with Crippen LogP contribution in [0, 0.1) is 5.92 Å². The fraction of sp³-hybridized carbons (Fsp3) is 0.714. The van der Waals surface area contributed by atoms with Crippen LogP contribution < -0.4 is 5.43 Å². The average molecular weight is 158 g/mol. The quantitative estimate of drug-likeness (QED) is 0.377. The maximum absolute atomic E-state index is 4.98. The zero-order chi connectivity index (χ0) is 8.15. The molecule has 0 saturated heterocycles. The summed E-state index contributed by atoms with van der Waals surface area (Å²) in [5.74, 6) is 0.373. The predicted octanol–water partition coefficient (Wildman–Crippen LogP) is 1.96. The van der Waals surface area contributed by atoms with Gasteiger partial charge < -0.3 is 0 Å². The van der Waals surface area contributed by atoms with Crippen molar-refractivity contribution in [3.63, 3.8) is 0 Å². The molecule has 0 saturated carbocycles. The van der Waals surface area contributed by atoms with E-state index in [-0.39, 0.29) is 0 Å². The van der Waals surface area contributed by atoms with Gasteiger partial charge in [0.25, 0.3) is 0 Å². The van der Waals surface area contributed by atoms with Gasteiger partial charge in [-0.15, -0.1) is 0 Å². The minimum absolute atomic E-state index is 0.373. The Morgan fingerprint density at radius 1 is 1.40 bits per heavy atom. The molecule has 0 atom stereocenters. The zero-order valence-corrected chi connectivity index (χ0v) is 7.75. The lowest BCUT2D eigenvalue weighted by atomic mass is 10.2. The van der Waals surface area contributed by atoms with Crippen LogP contribution in [-0.2, 0) is 0 Å². The summed E-state index contributed by atoms with van der Waals surface area (Å²) in [6, 6.07) is 0. The van der Waals surface area contributed by atoms with E-state index in [2.05, 4.69) is 10.5 Å². The molecular formula is C7H14N2S. The molecule has 0 aliphatic rings. The van der Waals surface area contributed by atoms with Crippen LogP contribution in [0.15, 0.2) is 5.10 Å². The number of nitrogens with zero attached hydrogens (tertiary/aromatic N) is 1. The van der Waals surface area contributed by atoms with Crippen LogP contribution in [0.1, 0.15) is 27.7 Å². The summed E-state index contributed by atoms with van der Waals surface area (Å²) < 4.78 is 0. The first-order valence-corrected chi connectivity index (χ1v) is 3.75. The third kappa shape index (κ3) is 4.44. The number of rotatable bonds is 2. The summed E-state index contributed by atoms with van der Waals surface area (Å²) in [7, 11) is 0. The van der Waals surface area contributed by atoms with E-state index in [1.165, 1.54) is 0 Å². The van der Waals surface area contributed by atoms with Crippen molar-refractivity contribution in [3.05, 3.63) is 0 Å². The number of nitrogens with one attached hydrogen (secondary N) is 1. The highest BCUT2D eigenvalue weighted by Crippen LogP contribution is 1.92. The number of hydrazone groups is 1. The zero-order valence-electron chi connectivity index (χ0n) is 6.93. The Balaban J connectivity index is 3.71. The van der Waals surface area contributed by atoms with Crippen molar-refractivity contribution in [2.24, 2.45) is 11.0 Å². The maximum atomic E-state index is 4.98. The second-order valence-electron chi connectivity index (χ2n) is 2.69. The van der Waals surface area contributed by atoms with E-state index in [4.69, 9.17) is 12.2 Å². The van der Waals surface area contributed by atoms with E-state index >= 15 is 0 Å². The van der Waals surface area contributed by atoms with Crippen molar-refractivity contribution in [2.45, 2.75) is 27.7 Å². The first kappa shape index (κ1) is 9.56. The molecule has 0 aromatic carbocycles. The van der Waals surface area contributed by atoms with Crippen molar-refractivity contribution in [2.75, 3.05) is 0 Å². The normalized spacial score (nSPS) is 9.30. The monoisotopic (exact) mass is 158 g/mol. The minimum Gasteiger partial charge on any atom is -0.272 e. The second kappa shape index (κ2) is 4.39. The Bertz CT molecular complexity index is 146. The average Bonchev–Trinajstić information content (AvgIpc) is 1.82. The molecule has 0 bridgehead atoms. The third-order valence-electron chi connectivity index (χ3n) is 0.914. The van der Waals surface area contributed by atoms with Gasteiger partial charge in [-0.2, -0.15) is 5.10 Å². The minimum atomic E-state index is 0.373. The van der Waals surface area contributed by atoms with Gasteiger partial charge in [-0.05, 0) is 13.8 Å². The van der Waals surface area contributed by atoms with Gasteiger partial charge in [-0.1, -0.05) is 26.1 Å². The molecule has 0 aliphatic heterocycles. The molecule has 10 heavy (non-hydrogen) atoms. The lowest BCUT2D eigenvalue weighted by Crippen LogP contribution is -2.21. The highest BCUT2D eigenvalue weighted by molar-refractivity contribution is 7.80. The summed E-state index contributed by atoms with van der Waals surface area (Å²) in [4.78, 5) is 0.793. The van der Waals surface area contributed by atoms with Crippen LogP contribution in [0.5, 0.6) is 0 Å². The molecule has 0 aromatic heterocycles. The summed E-state index contributed by atoms with van der Waals surface area (Å²) in [6.45, 7) is 7.93. The summed E-state index contributed by atoms with van der Waals surface area (Å²) in [6.07, 6.45) is 0. The smallest absolute Gasteiger partial charge is 0.0986 e. The third-order valence-corrected chi connectivity index (χ3v) is 1.48. The van der Waals surface area contributed by atoms with Crippen LogP contribution in [0.4, 0.5) is 0 Å². The van der Waals surface area contributed by atoms with Crippen molar-refractivity contribution >= 4 is 22.9 Å². The van der Waals surface area contributed by atoms with Crippen LogP contribution in [0.3, 0.4) is 0 Å². The Morgan fingerprint density at radius 3 is 2.20 bits per heavy atom. The molecule has 0 rings (SSSR count). The standard InChI is InChI=1S/C7H14N2S/c1-5(2)7(10)9-8-6(3)4/h5H,1-4H3,(H,9,10).